The van der Waals surface area contributed by atoms with E-state index in [2.05, 4.69) is 35.0 Å². The molecule has 1 saturated heterocycles. The second kappa shape index (κ2) is 5.46. The fourth-order valence-corrected chi connectivity index (χ4v) is 2.16. The first kappa shape index (κ1) is 11.6. The van der Waals surface area contributed by atoms with Crippen LogP contribution in [-0.2, 0) is 17.8 Å². The summed E-state index contributed by atoms with van der Waals surface area (Å²) in [5.41, 5.74) is 1.26. The predicted molar refractivity (Wildman–Crippen MR) is 63.2 cm³/mol. The van der Waals surface area contributed by atoms with Gasteiger partial charge in [-0.25, -0.2) is 0 Å². The van der Waals surface area contributed by atoms with Crippen molar-refractivity contribution in [3.8, 4) is 0 Å². The first-order valence-corrected chi connectivity index (χ1v) is 6.17. The van der Waals surface area contributed by atoms with Gasteiger partial charge in [-0.1, -0.05) is 6.92 Å². The van der Waals surface area contributed by atoms with E-state index in [4.69, 9.17) is 4.74 Å². The van der Waals surface area contributed by atoms with Crippen molar-refractivity contribution in [2.45, 2.75) is 51.9 Å². The molecule has 0 radical (unpaired) electrons. The molecule has 0 spiro atoms. The third-order valence-corrected chi connectivity index (χ3v) is 3.16. The molecule has 4 heteroatoms. The van der Waals surface area contributed by atoms with E-state index < -0.39 is 0 Å². The molecule has 1 aliphatic heterocycles. The van der Waals surface area contributed by atoms with E-state index in [-0.39, 0.29) is 0 Å². The topological polar surface area (TPSA) is 39.1 Å². The Balaban J connectivity index is 1.86. The Hall–Kier alpha value is -0.870. The number of nitrogens with zero attached hydrogens (tertiary/aromatic N) is 2. The maximum absolute atomic E-state index is 5.53. The molecular formula is C12H21N3O. The zero-order valence-electron chi connectivity index (χ0n) is 10.1. The number of aryl methyl sites for hydroxylation is 1. The molecule has 16 heavy (non-hydrogen) atoms. The summed E-state index contributed by atoms with van der Waals surface area (Å²) in [5, 5.41) is 7.86. The van der Waals surface area contributed by atoms with Crippen molar-refractivity contribution in [1.82, 2.24) is 15.1 Å². The average Bonchev–Trinajstić information content (AvgIpc) is 2.86. The van der Waals surface area contributed by atoms with Crippen molar-refractivity contribution in [3.63, 3.8) is 0 Å². The third-order valence-electron chi connectivity index (χ3n) is 3.16. The Bertz CT molecular complexity index is 324. The molecule has 2 heterocycles. The van der Waals surface area contributed by atoms with Gasteiger partial charge < -0.3 is 10.1 Å². The van der Waals surface area contributed by atoms with Crippen molar-refractivity contribution in [3.05, 3.63) is 18.0 Å². The molecule has 1 aromatic rings. The minimum atomic E-state index is 0.336. The molecule has 0 bridgehead atoms. The maximum atomic E-state index is 5.53. The van der Waals surface area contributed by atoms with Crippen LogP contribution in [-0.4, -0.2) is 28.5 Å². The predicted octanol–water partition coefficient (Wildman–Crippen LogP) is 1.56. The van der Waals surface area contributed by atoms with Gasteiger partial charge in [0, 0.05) is 31.9 Å². The van der Waals surface area contributed by atoms with E-state index in [1.54, 1.807) is 0 Å². The fraction of sp³-hybridized carbons (Fsp3) is 0.750. The van der Waals surface area contributed by atoms with Crippen molar-refractivity contribution >= 4 is 0 Å². The Morgan fingerprint density at radius 3 is 3.19 bits per heavy atom. The van der Waals surface area contributed by atoms with Crippen LogP contribution >= 0.6 is 0 Å². The van der Waals surface area contributed by atoms with Crippen LogP contribution in [0, 0.1) is 0 Å². The minimum Gasteiger partial charge on any atom is -0.377 e. The summed E-state index contributed by atoms with van der Waals surface area (Å²) < 4.78 is 7.60. The van der Waals surface area contributed by atoms with Crippen molar-refractivity contribution in [1.29, 1.82) is 0 Å². The number of hydrogen-bond acceptors (Lipinski definition) is 3. The quantitative estimate of drug-likeness (QED) is 0.823. The average molecular weight is 223 g/mol. The van der Waals surface area contributed by atoms with Crippen LogP contribution in [0.5, 0.6) is 0 Å². The third kappa shape index (κ3) is 2.62. The summed E-state index contributed by atoms with van der Waals surface area (Å²) in [6.07, 6.45) is 4.45. The van der Waals surface area contributed by atoms with Gasteiger partial charge >= 0.3 is 0 Å². The highest BCUT2D eigenvalue weighted by molar-refractivity contribution is 5.00. The summed E-state index contributed by atoms with van der Waals surface area (Å²) in [5.74, 6) is 0. The molecule has 2 rings (SSSR count). The van der Waals surface area contributed by atoms with E-state index in [0.717, 1.165) is 32.5 Å². The van der Waals surface area contributed by atoms with Gasteiger partial charge in [-0.3, -0.25) is 4.68 Å². The molecule has 0 aromatic carbocycles. The lowest BCUT2D eigenvalue weighted by atomic mass is 10.1. The first-order chi connectivity index (χ1) is 7.81. The summed E-state index contributed by atoms with van der Waals surface area (Å²) in [6.45, 7) is 7.08. The molecule has 4 nitrogen and oxygen atoms in total. The van der Waals surface area contributed by atoms with Gasteiger partial charge in [0.05, 0.1) is 11.8 Å². The van der Waals surface area contributed by atoms with Gasteiger partial charge in [-0.05, 0) is 25.8 Å². The maximum Gasteiger partial charge on any atom is 0.0700 e. The molecule has 1 N–H and O–H groups in total. The summed E-state index contributed by atoms with van der Waals surface area (Å²) >= 11 is 0. The highest BCUT2D eigenvalue weighted by Crippen LogP contribution is 2.13. The van der Waals surface area contributed by atoms with Crippen molar-refractivity contribution < 1.29 is 4.74 Å². The molecular weight excluding hydrogens is 202 g/mol. The minimum absolute atomic E-state index is 0.336. The van der Waals surface area contributed by atoms with Gasteiger partial charge in [-0.2, -0.15) is 5.10 Å². The first-order valence-electron chi connectivity index (χ1n) is 6.17. The Labute approximate surface area is 97.0 Å². The van der Waals surface area contributed by atoms with Crippen molar-refractivity contribution in [2.24, 2.45) is 0 Å². The van der Waals surface area contributed by atoms with Crippen LogP contribution in [0.15, 0.2) is 12.3 Å². The molecule has 0 saturated carbocycles. The van der Waals surface area contributed by atoms with Gasteiger partial charge in [0.1, 0.15) is 0 Å². The van der Waals surface area contributed by atoms with Crippen molar-refractivity contribution in [2.75, 3.05) is 6.61 Å². The lowest BCUT2D eigenvalue weighted by Gasteiger charge is -2.16. The number of ether oxygens (including phenoxy) is 1. The van der Waals surface area contributed by atoms with Gasteiger partial charge in [0.15, 0.2) is 0 Å². The van der Waals surface area contributed by atoms with Gasteiger partial charge in [-0.15, -0.1) is 0 Å². The molecule has 2 atom stereocenters. The zero-order chi connectivity index (χ0) is 11.4. The van der Waals surface area contributed by atoms with Crippen LogP contribution in [0.1, 0.15) is 32.4 Å². The monoisotopic (exact) mass is 223 g/mol. The zero-order valence-corrected chi connectivity index (χ0v) is 10.1. The molecule has 1 aliphatic rings. The van der Waals surface area contributed by atoms with E-state index in [0.29, 0.717) is 12.1 Å². The Morgan fingerprint density at radius 1 is 1.62 bits per heavy atom. The van der Waals surface area contributed by atoms with Crippen LogP contribution in [0.25, 0.3) is 0 Å². The highest BCUT2D eigenvalue weighted by atomic mass is 16.5. The van der Waals surface area contributed by atoms with Gasteiger partial charge in [0.2, 0.25) is 0 Å². The highest BCUT2D eigenvalue weighted by Gasteiger charge is 2.23. The molecule has 90 valence electrons. The molecule has 2 unspecified atom stereocenters. The Morgan fingerprint density at radius 2 is 2.50 bits per heavy atom. The summed E-state index contributed by atoms with van der Waals surface area (Å²) in [7, 11) is 0. The second-order valence-electron chi connectivity index (χ2n) is 4.40. The number of nitrogens with one attached hydrogen (secondary N) is 1. The van der Waals surface area contributed by atoms with Crippen LogP contribution in [0.2, 0.25) is 0 Å². The smallest absolute Gasteiger partial charge is 0.0700 e. The van der Waals surface area contributed by atoms with Crippen LogP contribution in [0.4, 0.5) is 0 Å². The fourth-order valence-electron chi connectivity index (χ4n) is 2.16. The Kier molecular flexibility index (Phi) is 3.96. The number of aromatic nitrogens is 2. The lowest BCUT2D eigenvalue weighted by molar-refractivity contribution is 0.113. The van der Waals surface area contributed by atoms with Crippen LogP contribution in [0.3, 0.4) is 0 Å². The van der Waals surface area contributed by atoms with E-state index in [1.165, 1.54) is 5.69 Å². The molecule has 1 fully saturated rings. The molecule has 0 aliphatic carbocycles. The van der Waals surface area contributed by atoms with E-state index in [1.807, 2.05) is 6.20 Å². The summed E-state index contributed by atoms with van der Waals surface area (Å²) in [6, 6.07) is 2.58. The second-order valence-corrected chi connectivity index (χ2v) is 4.40. The van der Waals surface area contributed by atoms with E-state index >= 15 is 0 Å². The van der Waals surface area contributed by atoms with Gasteiger partial charge in [0.25, 0.3) is 0 Å². The standard InChI is InChI=1S/C12H21N3O/c1-3-7-15-11(4-6-14-15)9-13-12-5-8-16-10(12)2/h4,6,10,12-13H,3,5,7-9H2,1-2H3. The normalized spacial score (nSPS) is 25.1. The lowest BCUT2D eigenvalue weighted by Crippen LogP contribution is -2.34. The van der Waals surface area contributed by atoms with E-state index in [9.17, 15) is 0 Å². The molecule has 0 amide bonds. The number of rotatable bonds is 5. The molecule has 1 aromatic heterocycles. The van der Waals surface area contributed by atoms with Crippen LogP contribution < -0.4 is 5.32 Å². The SMILES string of the molecule is CCCn1nccc1CNC1CCOC1C. The summed E-state index contributed by atoms with van der Waals surface area (Å²) in [4.78, 5) is 0. The largest absolute Gasteiger partial charge is 0.377 e. The number of hydrogen-bond donors (Lipinski definition) is 1.